The number of nitrogens with zero attached hydrogens (tertiary/aromatic N) is 2. The van der Waals surface area contributed by atoms with Crippen molar-refractivity contribution in [1.82, 2.24) is 9.55 Å². The summed E-state index contributed by atoms with van der Waals surface area (Å²) in [4.78, 5) is 14.2. The highest BCUT2D eigenvalue weighted by Gasteiger charge is 2.37. The lowest BCUT2D eigenvalue weighted by Crippen LogP contribution is -2.16. The molecule has 108 valence electrons. The smallest absolute Gasteiger partial charge is 0.449 e. The number of hydrogen-bond donors (Lipinski definition) is 1. The van der Waals surface area contributed by atoms with Gasteiger partial charge in [-0.2, -0.15) is 13.2 Å². The molecule has 1 aromatic heterocycles. The Hall–Kier alpha value is -2.05. The Balaban J connectivity index is 2.65. The third-order valence-electron chi connectivity index (χ3n) is 3.17. The van der Waals surface area contributed by atoms with Crippen LogP contribution in [0.25, 0.3) is 11.0 Å². The van der Waals surface area contributed by atoms with E-state index in [4.69, 9.17) is 5.11 Å². The highest BCUT2D eigenvalue weighted by molar-refractivity contribution is 5.78. The van der Waals surface area contributed by atoms with E-state index in [0.717, 1.165) is 15.7 Å². The standard InChI is InChI=1S/C13H13F3N2O2/c1-7-5-9-10(6-8(7)2)18(4-3-11(19)20)12(17-9)13(14,15)16/h5-6H,3-4H2,1-2H3,(H,19,20). The van der Waals surface area contributed by atoms with E-state index in [0.29, 0.717) is 5.52 Å². The molecule has 0 fully saturated rings. The lowest BCUT2D eigenvalue weighted by molar-refractivity contribution is -0.148. The van der Waals surface area contributed by atoms with E-state index in [-0.39, 0.29) is 18.5 Å². The Kier molecular flexibility index (Phi) is 3.45. The zero-order chi connectivity index (χ0) is 15.1. The minimum atomic E-state index is -4.61. The van der Waals surface area contributed by atoms with Crippen LogP contribution in [0.15, 0.2) is 12.1 Å². The second-order valence-corrected chi connectivity index (χ2v) is 4.65. The molecule has 2 rings (SSSR count). The Bertz CT molecular complexity index is 674. The van der Waals surface area contributed by atoms with E-state index in [1.54, 1.807) is 26.0 Å². The molecule has 0 amide bonds. The van der Waals surface area contributed by atoms with Crippen LogP contribution >= 0.6 is 0 Å². The summed E-state index contributed by atoms with van der Waals surface area (Å²) in [7, 11) is 0. The van der Waals surface area contributed by atoms with Gasteiger partial charge in [0.15, 0.2) is 0 Å². The predicted octanol–water partition coefficient (Wildman–Crippen LogP) is 3.15. The first-order chi connectivity index (χ1) is 9.20. The third kappa shape index (κ3) is 2.61. The van der Waals surface area contributed by atoms with Crippen molar-refractivity contribution in [1.29, 1.82) is 0 Å². The molecule has 0 bridgehead atoms. The number of aryl methyl sites for hydroxylation is 3. The average Bonchev–Trinajstić information content (AvgIpc) is 2.65. The number of hydrogen-bond acceptors (Lipinski definition) is 2. The quantitative estimate of drug-likeness (QED) is 0.943. The fourth-order valence-electron chi connectivity index (χ4n) is 2.03. The van der Waals surface area contributed by atoms with Crippen molar-refractivity contribution in [3.63, 3.8) is 0 Å². The molecule has 2 aromatic rings. The molecule has 7 heteroatoms. The summed E-state index contributed by atoms with van der Waals surface area (Å²) in [5.74, 6) is -2.21. The van der Waals surface area contributed by atoms with Gasteiger partial charge in [0.25, 0.3) is 0 Å². The molecule has 20 heavy (non-hydrogen) atoms. The van der Waals surface area contributed by atoms with Gasteiger partial charge in [-0.3, -0.25) is 4.79 Å². The van der Waals surface area contributed by atoms with Crippen molar-refractivity contribution in [2.45, 2.75) is 33.0 Å². The molecule has 0 spiro atoms. The van der Waals surface area contributed by atoms with Crippen LogP contribution in [0.4, 0.5) is 13.2 Å². The van der Waals surface area contributed by atoms with Crippen molar-refractivity contribution >= 4 is 17.0 Å². The van der Waals surface area contributed by atoms with Crippen LogP contribution in [0.2, 0.25) is 0 Å². The number of imidazole rings is 1. The first-order valence-electron chi connectivity index (χ1n) is 5.96. The number of carbonyl (C=O) groups is 1. The van der Waals surface area contributed by atoms with E-state index in [1.807, 2.05) is 0 Å². The minimum Gasteiger partial charge on any atom is -0.481 e. The molecule has 1 heterocycles. The molecule has 1 aromatic carbocycles. The monoisotopic (exact) mass is 286 g/mol. The molecule has 1 N–H and O–H groups in total. The minimum absolute atomic E-state index is 0.228. The summed E-state index contributed by atoms with van der Waals surface area (Å²) in [5.41, 5.74) is 2.21. The lowest BCUT2D eigenvalue weighted by atomic mass is 10.1. The van der Waals surface area contributed by atoms with Crippen LogP contribution in [-0.2, 0) is 17.5 Å². The first kappa shape index (κ1) is 14.4. The number of rotatable bonds is 3. The largest absolute Gasteiger partial charge is 0.481 e. The highest BCUT2D eigenvalue weighted by atomic mass is 19.4. The third-order valence-corrected chi connectivity index (χ3v) is 3.17. The number of aliphatic carboxylic acids is 1. The maximum absolute atomic E-state index is 13.0. The van der Waals surface area contributed by atoms with Crippen molar-refractivity contribution in [2.24, 2.45) is 0 Å². The van der Waals surface area contributed by atoms with E-state index >= 15 is 0 Å². The number of alkyl halides is 3. The topological polar surface area (TPSA) is 55.1 Å². The van der Waals surface area contributed by atoms with E-state index in [1.165, 1.54) is 0 Å². The summed E-state index contributed by atoms with van der Waals surface area (Å²) in [6.45, 7) is 3.32. The van der Waals surface area contributed by atoms with Gasteiger partial charge in [-0.15, -0.1) is 0 Å². The summed E-state index contributed by atoms with van der Waals surface area (Å²) in [6.07, 6.45) is -5.00. The Morgan fingerprint density at radius 3 is 2.45 bits per heavy atom. The van der Waals surface area contributed by atoms with E-state index < -0.39 is 18.0 Å². The molecular formula is C13H13F3N2O2. The van der Waals surface area contributed by atoms with Crippen LogP contribution in [0.3, 0.4) is 0 Å². The van der Waals surface area contributed by atoms with Crippen molar-refractivity contribution in [3.8, 4) is 0 Å². The maximum atomic E-state index is 13.0. The molecule has 0 aliphatic rings. The van der Waals surface area contributed by atoms with Crippen molar-refractivity contribution in [3.05, 3.63) is 29.1 Å². The molecule has 0 saturated heterocycles. The number of carboxylic acid groups (broad SMARTS) is 1. The zero-order valence-corrected chi connectivity index (χ0v) is 11.0. The maximum Gasteiger partial charge on any atom is 0.449 e. The number of carboxylic acids is 1. The van der Waals surface area contributed by atoms with Gasteiger partial charge in [0.1, 0.15) is 0 Å². The fraction of sp³-hybridized carbons (Fsp3) is 0.385. The molecule has 0 aliphatic heterocycles. The number of fused-ring (bicyclic) bond motifs is 1. The fourth-order valence-corrected chi connectivity index (χ4v) is 2.03. The predicted molar refractivity (Wildman–Crippen MR) is 66.5 cm³/mol. The number of benzene rings is 1. The summed E-state index contributed by atoms with van der Waals surface area (Å²) >= 11 is 0. The molecule has 0 unspecified atom stereocenters. The Morgan fingerprint density at radius 2 is 1.90 bits per heavy atom. The van der Waals surface area contributed by atoms with Gasteiger partial charge in [0.2, 0.25) is 5.82 Å². The highest BCUT2D eigenvalue weighted by Crippen LogP contribution is 2.32. The average molecular weight is 286 g/mol. The van der Waals surface area contributed by atoms with Gasteiger partial charge in [-0.05, 0) is 37.1 Å². The van der Waals surface area contributed by atoms with Gasteiger partial charge in [0, 0.05) is 6.54 Å². The number of halogens is 3. The SMILES string of the molecule is Cc1cc2nc(C(F)(F)F)n(CCC(=O)O)c2cc1C. The molecule has 0 radical (unpaired) electrons. The van der Waals surface area contributed by atoms with Gasteiger partial charge < -0.3 is 9.67 Å². The van der Waals surface area contributed by atoms with E-state index in [9.17, 15) is 18.0 Å². The molecule has 0 aliphatic carbocycles. The first-order valence-corrected chi connectivity index (χ1v) is 5.96. The molecule has 0 atom stereocenters. The van der Waals surface area contributed by atoms with Gasteiger partial charge >= 0.3 is 12.1 Å². The zero-order valence-electron chi connectivity index (χ0n) is 11.0. The molecule has 4 nitrogen and oxygen atoms in total. The van der Waals surface area contributed by atoms with Crippen LogP contribution in [0.1, 0.15) is 23.4 Å². The second kappa shape index (κ2) is 4.81. The van der Waals surface area contributed by atoms with Crippen molar-refractivity contribution in [2.75, 3.05) is 0 Å². The molecular weight excluding hydrogens is 273 g/mol. The van der Waals surface area contributed by atoms with Crippen molar-refractivity contribution < 1.29 is 23.1 Å². The van der Waals surface area contributed by atoms with Gasteiger partial charge in [-0.1, -0.05) is 0 Å². The van der Waals surface area contributed by atoms with Crippen LogP contribution in [0.5, 0.6) is 0 Å². The Labute approximate surface area is 112 Å². The number of aromatic nitrogens is 2. The Morgan fingerprint density at radius 1 is 1.30 bits per heavy atom. The summed E-state index contributed by atoms with van der Waals surface area (Å²) in [6, 6.07) is 3.19. The van der Waals surface area contributed by atoms with Crippen LogP contribution in [-0.4, -0.2) is 20.6 Å². The second-order valence-electron chi connectivity index (χ2n) is 4.65. The molecule has 0 saturated carbocycles. The summed E-state index contributed by atoms with van der Waals surface area (Å²) < 4.78 is 39.9. The van der Waals surface area contributed by atoms with Crippen LogP contribution < -0.4 is 0 Å². The normalized spacial score (nSPS) is 12.1. The van der Waals surface area contributed by atoms with Crippen LogP contribution in [0, 0.1) is 13.8 Å². The van der Waals surface area contributed by atoms with Gasteiger partial charge in [-0.25, -0.2) is 4.98 Å². The summed E-state index contributed by atoms with van der Waals surface area (Å²) in [5, 5.41) is 8.66. The lowest BCUT2D eigenvalue weighted by Gasteiger charge is -2.10. The van der Waals surface area contributed by atoms with E-state index in [2.05, 4.69) is 4.98 Å². The van der Waals surface area contributed by atoms with Gasteiger partial charge in [0.05, 0.1) is 17.5 Å².